The van der Waals surface area contributed by atoms with Gasteiger partial charge in [-0.2, -0.15) is 8.42 Å². The van der Waals surface area contributed by atoms with Crippen LogP contribution in [0.1, 0.15) is 43.9 Å². The number of aryl methyl sites for hydroxylation is 3. The van der Waals surface area contributed by atoms with E-state index in [9.17, 15) is 8.42 Å². The SMILES string of the molecule is CCc1cc(CC)c2c(c1)Sc1c(CC)cccc1N2CCCS(=O)(=O)O. The number of benzene rings is 2. The monoisotopic (exact) mass is 405 g/mol. The second-order valence-electron chi connectivity index (χ2n) is 6.82. The van der Waals surface area contributed by atoms with Crippen LogP contribution in [-0.4, -0.2) is 25.3 Å². The Morgan fingerprint density at radius 3 is 2.41 bits per heavy atom. The van der Waals surface area contributed by atoms with Gasteiger partial charge in [0.15, 0.2) is 0 Å². The summed E-state index contributed by atoms with van der Waals surface area (Å²) >= 11 is 1.83. The first-order valence-corrected chi connectivity index (χ1v) is 12.0. The Bertz CT molecular complexity index is 939. The third-order valence-electron chi connectivity index (χ3n) is 5.02. The van der Waals surface area contributed by atoms with Gasteiger partial charge in [0.05, 0.1) is 17.1 Å². The molecule has 0 fully saturated rings. The van der Waals surface area contributed by atoms with Crippen LogP contribution in [0.5, 0.6) is 0 Å². The van der Waals surface area contributed by atoms with E-state index < -0.39 is 10.1 Å². The van der Waals surface area contributed by atoms with Gasteiger partial charge in [0.2, 0.25) is 0 Å². The molecular formula is C21H27NO3S2. The normalized spacial score (nSPS) is 13.4. The Morgan fingerprint density at radius 1 is 1.04 bits per heavy atom. The minimum absolute atomic E-state index is 0.219. The highest BCUT2D eigenvalue weighted by Gasteiger charge is 2.27. The van der Waals surface area contributed by atoms with E-state index in [2.05, 4.69) is 56.0 Å². The lowest BCUT2D eigenvalue weighted by Crippen LogP contribution is -2.25. The molecule has 3 rings (SSSR count). The molecule has 0 saturated heterocycles. The van der Waals surface area contributed by atoms with Gasteiger partial charge in [-0.1, -0.05) is 50.7 Å². The number of anilines is 2. The highest BCUT2D eigenvalue weighted by Crippen LogP contribution is 2.51. The molecule has 0 aliphatic carbocycles. The van der Waals surface area contributed by atoms with Crippen molar-refractivity contribution >= 4 is 33.3 Å². The zero-order chi connectivity index (χ0) is 19.6. The number of hydrogen-bond acceptors (Lipinski definition) is 4. The summed E-state index contributed by atoms with van der Waals surface area (Å²) in [5, 5.41) is 0. The fourth-order valence-electron chi connectivity index (χ4n) is 3.63. The van der Waals surface area contributed by atoms with Crippen LogP contribution in [0.2, 0.25) is 0 Å². The van der Waals surface area contributed by atoms with Crippen LogP contribution in [-0.2, 0) is 29.4 Å². The zero-order valence-corrected chi connectivity index (χ0v) is 17.8. The summed E-state index contributed by atoms with van der Waals surface area (Å²) in [7, 11) is -3.95. The van der Waals surface area contributed by atoms with Crippen molar-refractivity contribution in [3.63, 3.8) is 0 Å². The molecule has 4 nitrogen and oxygen atoms in total. The van der Waals surface area contributed by atoms with Crippen LogP contribution >= 0.6 is 11.8 Å². The molecule has 0 atom stereocenters. The molecule has 2 aromatic rings. The Balaban J connectivity index is 2.10. The second-order valence-corrected chi connectivity index (χ2v) is 9.45. The molecule has 1 heterocycles. The summed E-state index contributed by atoms with van der Waals surface area (Å²) in [6, 6.07) is 10.9. The molecule has 0 bridgehead atoms. The highest BCUT2D eigenvalue weighted by molar-refractivity contribution is 7.99. The minimum Gasteiger partial charge on any atom is -0.339 e. The molecule has 0 radical (unpaired) electrons. The van der Waals surface area contributed by atoms with Crippen molar-refractivity contribution in [2.24, 2.45) is 0 Å². The van der Waals surface area contributed by atoms with Gasteiger partial charge in [0.25, 0.3) is 10.1 Å². The molecule has 0 aromatic heterocycles. The Morgan fingerprint density at radius 2 is 1.78 bits per heavy atom. The van der Waals surface area contributed by atoms with Gasteiger partial charge < -0.3 is 4.90 Å². The van der Waals surface area contributed by atoms with E-state index in [1.165, 1.54) is 32.2 Å². The van der Waals surface area contributed by atoms with Crippen molar-refractivity contribution in [3.8, 4) is 0 Å². The van der Waals surface area contributed by atoms with Crippen LogP contribution < -0.4 is 4.90 Å². The van der Waals surface area contributed by atoms with Crippen LogP contribution in [0.15, 0.2) is 40.1 Å². The van der Waals surface area contributed by atoms with Crippen molar-refractivity contribution < 1.29 is 13.0 Å². The van der Waals surface area contributed by atoms with Crippen LogP contribution in [0.4, 0.5) is 11.4 Å². The van der Waals surface area contributed by atoms with Crippen molar-refractivity contribution in [1.82, 2.24) is 0 Å². The maximum atomic E-state index is 11.2. The molecular weight excluding hydrogens is 378 g/mol. The van der Waals surface area contributed by atoms with Gasteiger partial charge in [0, 0.05) is 16.3 Å². The van der Waals surface area contributed by atoms with E-state index in [1.54, 1.807) is 0 Å². The smallest absolute Gasteiger partial charge is 0.264 e. The van der Waals surface area contributed by atoms with E-state index in [0.717, 1.165) is 24.9 Å². The highest BCUT2D eigenvalue weighted by atomic mass is 32.2. The predicted molar refractivity (Wildman–Crippen MR) is 113 cm³/mol. The van der Waals surface area contributed by atoms with Crippen molar-refractivity contribution in [2.75, 3.05) is 17.2 Å². The number of rotatable bonds is 7. The molecule has 0 unspecified atom stereocenters. The molecule has 146 valence electrons. The Labute approximate surface area is 166 Å². The van der Waals surface area contributed by atoms with Crippen LogP contribution in [0.25, 0.3) is 0 Å². The van der Waals surface area contributed by atoms with E-state index in [-0.39, 0.29) is 5.75 Å². The minimum atomic E-state index is -3.95. The fraction of sp³-hybridized carbons (Fsp3) is 0.429. The molecule has 0 spiro atoms. The second kappa shape index (κ2) is 8.25. The van der Waals surface area contributed by atoms with E-state index in [4.69, 9.17) is 4.55 Å². The van der Waals surface area contributed by atoms with Crippen molar-refractivity contribution in [2.45, 2.75) is 56.2 Å². The maximum absolute atomic E-state index is 11.2. The first-order valence-electron chi connectivity index (χ1n) is 9.56. The quantitative estimate of drug-likeness (QED) is 0.637. The number of nitrogens with zero attached hydrogens (tertiary/aromatic N) is 1. The van der Waals surface area contributed by atoms with Crippen molar-refractivity contribution in [1.29, 1.82) is 0 Å². The van der Waals surface area contributed by atoms with Gasteiger partial charge in [-0.15, -0.1) is 0 Å². The van der Waals surface area contributed by atoms with Gasteiger partial charge in [0.1, 0.15) is 0 Å². The summed E-state index contributed by atoms with van der Waals surface area (Å²) in [6.45, 7) is 7.05. The number of hydrogen-bond donors (Lipinski definition) is 1. The molecule has 27 heavy (non-hydrogen) atoms. The van der Waals surface area contributed by atoms with E-state index in [1.807, 2.05) is 11.8 Å². The summed E-state index contributed by atoms with van der Waals surface area (Å²) in [5.74, 6) is -0.219. The average Bonchev–Trinajstić information content (AvgIpc) is 2.64. The molecule has 2 aromatic carbocycles. The lowest BCUT2D eigenvalue weighted by molar-refractivity contribution is 0.481. The third-order valence-corrected chi connectivity index (χ3v) is 7.03. The van der Waals surface area contributed by atoms with E-state index >= 15 is 0 Å². The standard InChI is InChI=1S/C21H27NO3S2/c1-4-15-13-17(6-3)20-19(14-15)26-21-16(5-2)9-7-10-18(21)22(20)11-8-12-27(23,24)25/h7,9-10,13-14H,4-6,8,11-12H2,1-3H3,(H,23,24,25). The topological polar surface area (TPSA) is 57.6 Å². The summed E-state index contributed by atoms with van der Waals surface area (Å²) in [4.78, 5) is 4.75. The Hall–Kier alpha value is -1.50. The van der Waals surface area contributed by atoms with Crippen LogP contribution in [0, 0.1) is 0 Å². The lowest BCUT2D eigenvalue weighted by Gasteiger charge is -2.36. The van der Waals surface area contributed by atoms with Gasteiger partial charge >= 0.3 is 0 Å². The van der Waals surface area contributed by atoms with Crippen LogP contribution in [0.3, 0.4) is 0 Å². The predicted octanol–water partition coefficient (Wildman–Crippen LogP) is 5.25. The molecule has 6 heteroatoms. The largest absolute Gasteiger partial charge is 0.339 e. The molecule has 1 N–H and O–H groups in total. The fourth-order valence-corrected chi connectivity index (χ4v) is 5.52. The molecule has 1 aliphatic heterocycles. The van der Waals surface area contributed by atoms with Gasteiger partial charge in [-0.25, -0.2) is 0 Å². The van der Waals surface area contributed by atoms with Crippen molar-refractivity contribution in [3.05, 3.63) is 47.0 Å². The van der Waals surface area contributed by atoms with Gasteiger partial charge in [-0.3, -0.25) is 4.55 Å². The first kappa shape index (κ1) is 20.2. The summed E-state index contributed by atoms with van der Waals surface area (Å²) < 4.78 is 31.5. The zero-order valence-electron chi connectivity index (χ0n) is 16.2. The van der Waals surface area contributed by atoms with E-state index in [0.29, 0.717) is 13.0 Å². The number of fused-ring (bicyclic) bond motifs is 2. The molecule has 1 aliphatic rings. The molecule has 0 saturated carbocycles. The first-order chi connectivity index (χ1) is 12.9. The molecule has 0 amide bonds. The Kier molecular flexibility index (Phi) is 6.18. The average molecular weight is 406 g/mol. The lowest BCUT2D eigenvalue weighted by atomic mass is 10.0. The van der Waals surface area contributed by atoms with Gasteiger partial charge in [-0.05, 0) is 54.5 Å². The summed E-state index contributed by atoms with van der Waals surface area (Å²) in [6.07, 6.45) is 3.26. The third kappa shape index (κ3) is 4.33. The summed E-state index contributed by atoms with van der Waals surface area (Å²) in [5.41, 5.74) is 6.25. The maximum Gasteiger partial charge on any atom is 0.264 e.